The molecule has 0 heterocycles. The van der Waals surface area contributed by atoms with Gasteiger partial charge in [-0.3, -0.25) is 0 Å². The first-order chi connectivity index (χ1) is 11.2. The van der Waals surface area contributed by atoms with Crippen molar-refractivity contribution in [2.24, 2.45) is 0 Å². The van der Waals surface area contributed by atoms with E-state index in [0.717, 1.165) is 19.3 Å². The topological polar surface area (TPSA) is 0 Å². The zero-order chi connectivity index (χ0) is 16.1. The van der Waals surface area contributed by atoms with Crippen molar-refractivity contribution in [2.45, 2.75) is 33.1 Å². The lowest BCUT2D eigenvalue weighted by atomic mass is 9.94. The minimum Gasteiger partial charge on any atom is -0.0622 e. The number of aryl methyl sites for hydroxylation is 2. The Bertz CT molecular complexity index is 769. The second kappa shape index (κ2) is 7.28. The Balaban J connectivity index is 1.82. The largest absolute Gasteiger partial charge is 0.0622 e. The van der Waals surface area contributed by atoms with Crippen LogP contribution >= 0.6 is 0 Å². The molecule has 3 aromatic rings. The molecule has 0 bridgehead atoms. The van der Waals surface area contributed by atoms with Crippen molar-refractivity contribution in [1.29, 1.82) is 0 Å². The van der Waals surface area contributed by atoms with Gasteiger partial charge in [0.2, 0.25) is 0 Å². The molecule has 0 fully saturated rings. The lowest BCUT2D eigenvalue weighted by Crippen LogP contribution is -1.97. The lowest BCUT2D eigenvalue weighted by Gasteiger charge is -2.11. The number of rotatable bonds is 5. The van der Waals surface area contributed by atoms with Gasteiger partial charge in [0.05, 0.1) is 0 Å². The highest BCUT2D eigenvalue weighted by atomic mass is 14.1. The van der Waals surface area contributed by atoms with Gasteiger partial charge >= 0.3 is 0 Å². The van der Waals surface area contributed by atoms with E-state index in [-0.39, 0.29) is 0 Å². The van der Waals surface area contributed by atoms with Crippen LogP contribution in [0.2, 0.25) is 0 Å². The van der Waals surface area contributed by atoms with E-state index in [0.29, 0.717) is 0 Å². The lowest BCUT2D eigenvalue weighted by molar-refractivity contribution is 1.04. The fourth-order valence-corrected chi connectivity index (χ4v) is 3.16. The highest BCUT2D eigenvalue weighted by molar-refractivity contribution is 5.38. The first kappa shape index (κ1) is 15.6. The van der Waals surface area contributed by atoms with Gasteiger partial charge in [-0.2, -0.15) is 0 Å². The molecule has 3 aromatic carbocycles. The van der Waals surface area contributed by atoms with Crippen LogP contribution in [0.4, 0.5) is 0 Å². The normalized spacial score (nSPS) is 10.7. The molecule has 0 saturated carbocycles. The summed E-state index contributed by atoms with van der Waals surface area (Å²) in [6.07, 6.45) is 3.12. The molecule has 0 amide bonds. The third kappa shape index (κ3) is 4.10. The molecule has 23 heavy (non-hydrogen) atoms. The van der Waals surface area contributed by atoms with Crippen LogP contribution in [0.25, 0.3) is 0 Å². The molecule has 0 unspecified atom stereocenters. The van der Waals surface area contributed by atoms with Crippen molar-refractivity contribution < 1.29 is 0 Å². The summed E-state index contributed by atoms with van der Waals surface area (Å²) in [4.78, 5) is 0. The maximum atomic E-state index is 2.39. The molecule has 3 rings (SSSR count). The van der Waals surface area contributed by atoms with E-state index in [1.807, 2.05) is 0 Å². The van der Waals surface area contributed by atoms with Crippen molar-refractivity contribution >= 4 is 0 Å². The number of benzene rings is 3. The summed E-state index contributed by atoms with van der Waals surface area (Å²) in [5, 5.41) is 0. The highest BCUT2D eigenvalue weighted by Crippen LogP contribution is 2.19. The van der Waals surface area contributed by atoms with Gasteiger partial charge in [-0.1, -0.05) is 85.3 Å². The minimum atomic E-state index is 1.01. The van der Waals surface area contributed by atoms with Gasteiger partial charge in [-0.15, -0.1) is 0 Å². The van der Waals surface area contributed by atoms with Crippen molar-refractivity contribution in [3.8, 4) is 0 Å². The van der Waals surface area contributed by atoms with Gasteiger partial charge in [0.25, 0.3) is 0 Å². The zero-order valence-electron chi connectivity index (χ0n) is 14.0. The number of hydrogen-bond donors (Lipinski definition) is 0. The van der Waals surface area contributed by atoms with E-state index in [1.165, 1.54) is 33.4 Å². The summed E-state index contributed by atoms with van der Waals surface area (Å²) in [5.74, 6) is 0. The van der Waals surface area contributed by atoms with E-state index in [4.69, 9.17) is 0 Å². The van der Waals surface area contributed by atoms with Gasteiger partial charge in [0, 0.05) is 0 Å². The second-order valence-corrected chi connectivity index (χ2v) is 6.28. The molecule has 0 aliphatic heterocycles. The van der Waals surface area contributed by atoms with Gasteiger partial charge in [-0.25, -0.2) is 0 Å². The molecule has 0 N–H and O–H groups in total. The summed E-state index contributed by atoms with van der Waals surface area (Å²) >= 11 is 0. The molecule has 0 nitrogen and oxygen atoms in total. The Labute approximate surface area is 139 Å². The fraction of sp³-hybridized carbons (Fsp3) is 0.217. The third-order valence-corrected chi connectivity index (χ3v) is 4.38. The molecule has 0 atom stereocenters. The Morgan fingerprint density at radius 1 is 0.609 bits per heavy atom. The van der Waals surface area contributed by atoms with Crippen LogP contribution < -0.4 is 0 Å². The van der Waals surface area contributed by atoms with Crippen molar-refractivity contribution in [1.82, 2.24) is 0 Å². The van der Waals surface area contributed by atoms with Crippen LogP contribution in [-0.2, 0) is 19.3 Å². The summed E-state index contributed by atoms with van der Waals surface area (Å²) in [6.45, 7) is 4.41. The Kier molecular flexibility index (Phi) is 4.92. The van der Waals surface area contributed by atoms with Crippen LogP contribution in [-0.4, -0.2) is 0 Å². The molecular formula is C23H24. The van der Waals surface area contributed by atoms with Gasteiger partial charge in [-0.05, 0) is 54.0 Å². The molecule has 0 spiro atoms. The van der Waals surface area contributed by atoms with Crippen LogP contribution in [0.1, 0.15) is 40.3 Å². The molecule has 0 aliphatic rings. The van der Waals surface area contributed by atoms with Crippen LogP contribution in [0.5, 0.6) is 0 Å². The molecular weight excluding hydrogens is 276 g/mol. The first-order valence-electron chi connectivity index (χ1n) is 8.44. The smallest absolute Gasteiger partial charge is 0.00230 e. The van der Waals surface area contributed by atoms with E-state index in [1.54, 1.807) is 0 Å². The van der Waals surface area contributed by atoms with Crippen molar-refractivity contribution in [3.05, 3.63) is 106 Å². The van der Waals surface area contributed by atoms with E-state index >= 15 is 0 Å². The molecule has 0 heteroatoms. The molecule has 0 radical (unpaired) electrons. The average molecular weight is 300 g/mol. The zero-order valence-corrected chi connectivity index (χ0v) is 14.0. The van der Waals surface area contributed by atoms with E-state index < -0.39 is 0 Å². The highest BCUT2D eigenvalue weighted by Gasteiger charge is 2.05. The first-order valence-corrected chi connectivity index (χ1v) is 8.44. The van der Waals surface area contributed by atoms with Gasteiger partial charge in [0.1, 0.15) is 0 Å². The summed E-state index contributed by atoms with van der Waals surface area (Å²) in [5.41, 5.74) is 8.44. The van der Waals surface area contributed by atoms with Crippen LogP contribution in [0.15, 0.2) is 72.8 Å². The van der Waals surface area contributed by atoms with Crippen molar-refractivity contribution in [3.63, 3.8) is 0 Å². The Morgan fingerprint density at radius 2 is 1.35 bits per heavy atom. The quantitative estimate of drug-likeness (QED) is 0.563. The SMILES string of the molecule is CCc1cc(Cc2cccc(C)c2)ccc1Cc1ccccc1. The van der Waals surface area contributed by atoms with Crippen molar-refractivity contribution in [2.75, 3.05) is 0 Å². The monoisotopic (exact) mass is 300 g/mol. The molecule has 116 valence electrons. The van der Waals surface area contributed by atoms with Crippen LogP contribution in [0, 0.1) is 6.92 Å². The maximum absolute atomic E-state index is 2.39. The predicted octanol–water partition coefficient (Wildman–Crippen LogP) is 5.74. The van der Waals surface area contributed by atoms with Gasteiger partial charge < -0.3 is 0 Å². The maximum Gasteiger partial charge on any atom is -0.00230 e. The van der Waals surface area contributed by atoms with E-state index in [9.17, 15) is 0 Å². The number of hydrogen-bond acceptors (Lipinski definition) is 0. The van der Waals surface area contributed by atoms with Gasteiger partial charge in [0.15, 0.2) is 0 Å². The average Bonchev–Trinajstić information content (AvgIpc) is 2.57. The fourth-order valence-electron chi connectivity index (χ4n) is 3.16. The predicted molar refractivity (Wildman–Crippen MR) is 99.1 cm³/mol. The summed E-state index contributed by atoms with van der Waals surface area (Å²) in [6, 6.07) is 26.5. The minimum absolute atomic E-state index is 1.01. The standard InChI is InChI=1S/C23H24/c1-3-22-17-21(15-20-11-7-8-18(2)14-20)12-13-23(22)16-19-9-5-4-6-10-19/h4-14,17H,3,15-16H2,1-2H3. The third-order valence-electron chi connectivity index (χ3n) is 4.38. The Morgan fingerprint density at radius 3 is 2.09 bits per heavy atom. The van der Waals surface area contributed by atoms with Crippen LogP contribution in [0.3, 0.4) is 0 Å². The van der Waals surface area contributed by atoms with E-state index in [2.05, 4.69) is 86.6 Å². The molecule has 0 aromatic heterocycles. The molecule has 0 aliphatic carbocycles. The summed E-state index contributed by atoms with van der Waals surface area (Å²) < 4.78 is 0. The molecule has 0 saturated heterocycles. The Hall–Kier alpha value is -2.34. The summed E-state index contributed by atoms with van der Waals surface area (Å²) in [7, 11) is 0. The second-order valence-electron chi connectivity index (χ2n) is 6.28.